The normalized spacial score (nSPS) is 38.4. The molecular weight excluding hydrogens is 220 g/mol. The van der Waals surface area contributed by atoms with E-state index in [9.17, 15) is 9.59 Å². The van der Waals surface area contributed by atoms with Gasteiger partial charge in [0, 0.05) is 6.04 Å². The van der Waals surface area contributed by atoms with Crippen molar-refractivity contribution >= 4 is 11.9 Å². The number of ether oxygens (including phenoxy) is 1. The average Bonchev–Trinajstić information content (AvgIpc) is 2.90. The van der Waals surface area contributed by atoms with Crippen LogP contribution in [-0.4, -0.2) is 42.1 Å². The summed E-state index contributed by atoms with van der Waals surface area (Å²) in [5.74, 6) is -0.0457. The fraction of sp³-hybridized carbons (Fsp3) is 0.833. The van der Waals surface area contributed by atoms with Crippen molar-refractivity contribution in [3.8, 4) is 0 Å². The summed E-state index contributed by atoms with van der Waals surface area (Å²) in [6, 6.07) is -0.282. The summed E-state index contributed by atoms with van der Waals surface area (Å²) >= 11 is 0. The van der Waals surface area contributed by atoms with Gasteiger partial charge in [-0.15, -0.1) is 0 Å². The van der Waals surface area contributed by atoms with Crippen LogP contribution in [0.3, 0.4) is 0 Å². The van der Waals surface area contributed by atoms with E-state index >= 15 is 0 Å². The first-order valence-electron chi connectivity index (χ1n) is 6.35. The van der Waals surface area contributed by atoms with Crippen LogP contribution in [0.4, 0.5) is 4.79 Å². The lowest BCUT2D eigenvalue weighted by molar-refractivity contribution is -0.143. The summed E-state index contributed by atoms with van der Waals surface area (Å²) in [4.78, 5) is 26.0. The van der Waals surface area contributed by atoms with Gasteiger partial charge in [0.1, 0.15) is 0 Å². The van der Waals surface area contributed by atoms with Crippen molar-refractivity contribution < 1.29 is 14.3 Å². The molecule has 0 radical (unpaired) electrons. The maximum absolute atomic E-state index is 12.5. The van der Waals surface area contributed by atoms with E-state index in [-0.39, 0.29) is 24.0 Å². The number of hydrogen-bond donors (Lipinski definition) is 1. The van der Waals surface area contributed by atoms with Gasteiger partial charge in [0.15, 0.2) is 0 Å². The van der Waals surface area contributed by atoms with Gasteiger partial charge in [-0.1, -0.05) is 12.8 Å². The molecule has 1 aliphatic carbocycles. The number of nitrogens with zero attached hydrogens (tertiary/aromatic N) is 1. The molecule has 0 spiro atoms. The van der Waals surface area contributed by atoms with Crippen LogP contribution in [0.15, 0.2) is 0 Å². The Kier molecular flexibility index (Phi) is 2.40. The highest BCUT2D eigenvalue weighted by Crippen LogP contribution is 2.37. The van der Waals surface area contributed by atoms with Gasteiger partial charge in [0.05, 0.1) is 24.7 Å². The van der Waals surface area contributed by atoms with E-state index < -0.39 is 5.41 Å². The van der Waals surface area contributed by atoms with Gasteiger partial charge >= 0.3 is 6.03 Å². The smallest absolute Gasteiger partial charge is 0.324 e. The topological polar surface area (TPSA) is 58.6 Å². The Morgan fingerprint density at radius 1 is 1.35 bits per heavy atom. The van der Waals surface area contributed by atoms with Crippen molar-refractivity contribution in [1.29, 1.82) is 0 Å². The van der Waals surface area contributed by atoms with Crippen LogP contribution in [0.25, 0.3) is 0 Å². The molecule has 0 aromatic heterocycles. The van der Waals surface area contributed by atoms with E-state index in [1.165, 1.54) is 4.90 Å². The average molecular weight is 238 g/mol. The molecule has 5 heteroatoms. The number of fused-ring (bicyclic) bond motifs is 1. The third-order valence-electron chi connectivity index (χ3n) is 4.37. The third-order valence-corrected chi connectivity index (χ3v) is 4.37. The number of carbonyl (C=O) groups is 2. The van der Waals surface area contributed by atoms with Gasteiger partial charge in [0.2, 0.25) is 5.91 Å². The molecule has 3 fully saturated rings. The predicted molar refractivity (Wildman–Crippen MR) is 60.3 cm³/mol. The molecule has 2 unspecified atom stereocenters. The molecule has 2 atom stereocenters. The first-order chi connectivity index (χ1) is 8.13. The molecule has 3 amide bonds. The van der Waals surface area contributed by atoms with Gasteiger partial charge in [-0.2, -0.15) is 0 Å². The number of hydrogen-bond acceptors (Lipinski definition) is 3. The Bertz CT molecular complexity index is 365. The van der Waals surface area contributed by atoms with Crippen LogP contribution in [0.1, 0.15) is 32.6 Å². The number of imide groups is 1. The molecule has 3 aliphatic rings. The van der Waals surface area contributed by atoms with E-state index in [0.29, 0.717) is 13.2 Å². The fourth-order valence-corrected chi connectivity index (χ4v) is 3.17. The van der Waals surface area contributed by atoms with Crippen LogP contribution >= 0.6 is 0 Å². The van der Waals surface area contributed by atoms with Gasteiger partial charge in [-0.25, -0.2) is 4.79 Å². The summed E-state index contributed by atoms with van der Waals surface area (Å²) < 4.78 is 5.36. The Hall–Kier alpha value is -1.10. The second-order valence-corrected chi connectivity index (χ2v) is 5.55. The maximum atomic E-state index is 12.5. The van der Waals surface area contributed by atoms with E-state index in [2.05, 4.69) is 5.32 Å². The Morgan fingerprint density at radius 2 is 2.06 bits per heavy atom. The highest BCUT2D eigenvalue weighted by molar-refractivity contribution is 6.01. The molecule has 0 bridgehead atoms. The van der Waals surface area contributed by atoms with Gasteiger partial charge < -0.3 is 10.1 Å². The van der Waals surface area contributed by atoms with Crippen molar-refractivity contribution in [2.75, 3.05) is 13.2 Å². The van der Waals surface area contributed by atoms with Crippen molar-refractivity contribution in [3.05, 3.63) is 0 Å². The summed E-state index contributed by atoms with van der Waals surface area (Å²) in [5.41, 5.74) is -0.559. The molecular formula is C12H18N2O3. The van der Waals surface area contributed by atoms with Gasteiger partial charge in [-0.05, 0) is 19.8 Å². The second kappa shape index (κ2) is 3.70. The summed E-state index contributed by atoms with van der Waals surface area (Å²) in [6.45, 7) is 2.76. The molecule has 2 aliphatic heterocycles. The highest BCUT2D eigenvalue weighted by atomic mass is 16.5. The molecule has 94 valence electrons. The van der Waals surface area contributed by atoms with Gasteiger partial charge in [0.25, 0.3) is 0 Å². The summed E-state index contributed by atoms with van der Waals surface area (Å²) in [6.07, 6.45) is 4.11. The van der Waals surface area contributed by atoms with Gasteiger partial charge in [-0.3, -0.25) is 9.69 Å². The SMILES string of the molecule is CC12COCC1NC(=O)N(C1CCCC1)C2=O. The first-order valence-corrected chi connectivity index (χ1v) is 6.35. The molecule has 2 heterocycles. The van der Waals surface area contributed by atoms with E-state index in [1.54, 1.807) is 0 Å². The number of carbonyl (C=O) groups excluding carboxylic acids is 2. The first kappa shape index (κ1) is 11.0. The minimum atomic E-state index is -0.559. The van der Waals surface area contributed by atoms with Crippen LogP contribution in [0.2, 0.25) is 0 Å². The molecule has 3 rings (SSSR count). The van der Waals surface area contributed by atoms with Crippen molar-refractivity contribution in [3.63, 3.8) is 0 Å². The summed E-state index contributed by atoms with van der Waals surface area (Å²) in [5, 5.41) is 2.92. The summed E-state index contributed by atoms with van der Waals surface area (Å²) in [7, 11) is 0. The minimum absolute atomic E-state index is 0.0457. The second-order valence-electron chi connectivity index (χ2n) is 5.55. The molecule has 1 N–H and O–H groups in total. The van der Waals surface area contributed by atoms with Crippen molar-refractivity contribution in [2.24, 2.45) is 5.41 Å². The lowest BCUT2D eigenvalue weighted by atomic mass is 9.81. The Labute approximate surface area is 100 Å². The predicted octanol–water partition coefficient (Wildman–Crippen LogP) is 0.886. The monoisotopic (exact) mass is 238 g/mol. The lowest BCUT2D eigenvalue weighted by Crippen LogP contribution is -2.66. The zero-order valence-electron chi connectivity index (χ0n) is 10.1. The van der Waals surface area contributed by atoms with Crippen LogP contribution in [0, 0.1) is 5.41 Å². The number of amides is 3. The highest BCUT2D eigenvalue weighted by Gasteiger charge is 2.55. The van der Waals surface area contributed by atoms with Crippen LogP contribution in [0.5, 0.6) is 0 Å². The van der Waals surface area contributed by atoms with E-state index in [1.807, 2.05) is 6.92 Å². The van der Waals surface area contributed by atoms with E-state index in [4.69, 9.17) is 4.74 Å². The lowest BCUT2D eigenvalue weighted by Gasteiger charge is -2.41. The van der Waals surface area contributed by atoms with Crippen molar-refractivity contribution in [1.82, 2.24) is 10.2 Å². The molecule has 0 aromatic rings. The number of rotatable bonds is 1. The zero-order chi connectivity index (χ0) is 12.0. The zero-order valence-corrected chi connectivity index (χ0v) is 10.1. The molecule has 0 aromatic carbocycles. The van der Waals surface area contributed by atoms with Crippen LogP contribution < -0.4 is 5.32 Å². The largest absolute Gasteiger partial charge is 0.378 e. The number of nitrogens with one attached hydrogen (secondary N) is 1. The Morgan fingerprint density at radius 3 is 2.76 bits per heavy atom. The van der Waals surface area contributed by atoms with E-state index in [0.717, 1.165) is 25.7 Å². The minimum Gasteiger partial charge on any atom is -0.378 e. The standard InChI is InChI=1S/C12H18N2O3/c1-12-7-17-6-9(12)13-11(16)14(10(12)15)8-4-2-3-5-8/h8-9H,2-7H2,1H3,(H,13,16). The quantitative estimate of drug-likeness (QED) is 0.738. The van der Waals surface area contributed by atoms with Crippen LogP contribution in [-0.2, 0) is 9.53 Å². The third kappa shape index (κ3) is 1.48. The number of urea groups is 1. The molecule has 5 nitrogen and oxygen atoms in total. The fourth-order valence-electron chi connectivity index (χ4n) is 3.17. The molecule has 2 saturated heterocycles. The Balaban J connectivity index is 1.88. The molecule has 17 heavy (non-hydrogen) atoms. The molecule has 1 saturated carbocycles. The van der Waals surface area contributed by atoms with Crippen molar-refractivity contribution in [2.45, 2.75) is 44.7 Å². The maximum Gasteiger partial charge on any atom is 0.324 e.